The molecule has 0 atom stereocenters. The van der Waals surface area contributed by atoms with Gasteiger partial charge in [0.05, 0.1) is 10.7 Å². The first-order chi connectivity index (χ1) is 17.4. The predicted molar refractivity (Wildman–Crippen MR) is 141 cm³/mol. The molecule has 0 spiro atoms. The minimum absolute atomic E-state index is 0.0438. The predicted octanol–water partition coefficient (Wildman–Crippen LogP) is 4.74. The van der Waals surface area contributed by atoms with E-state index in [1.165, 1.54) is 0 Å². The lowest BCUT2D eigenvalue weighted by Crippen LogP contribution is -2.48. The minimum atomic E-state index is -0.654. The van der Waals surface area contributed by atoms with E-state index in [1.54, 1.807) is 48.5 Å². The summed E-state index contributed by atoms with van der Waals surface area (Å²) in [5.74, 6) is -1.31. The van der Waals surface area contributed by atoms with Crippen LogP contribution in [0.5, 0.6) is 0 Å². The largest absolute Gasteiger partial charge is 0.368 e. The number of piperazine rings is 1. The van der Waals surface area contributed by atoms with E-state index >= 15 is 0 Å². The van der Waals surface area contributed by atoms with E-state index in [0.29, 0.717) is 24.3 Å². The van der Waals surface area contributed by atoms with Gasteiger partial charge in [-0.15, -0.1) is 0 Å². The first-order valence-electron chi connectivity index (χ1n) is 11.4. The highest BCUT2D eigenvalue weighted by Crippen LogP contribution is 2.34. The molecule has 0 bridgehead atoms. The molecule has 182 valence electrons. The highest BCUT2D eigenvalue weighted by atomic mass is 35.5. The molecular formula is C27H22Cl2N4O3. The number of hydrogen-bond acceptors (Lipinski definition) is 5. The van der Waals surface area contributed by atoms with Crippen molar-refractivity contribution in [1.29, 1.82) is 0 Å². The molecule has 5 rings (SSSR count). The standard InChI is InChI=1S/C27H22Cl2N4O3/c28-21-8-4-5-9-22(21)33-26(35)23(29)24(27(33)36)30-19-12-10-18(11-13-19)25(34)32-16-14-31(15-17-32)20-6-2-1-3-7-20/h1-13,30H,14-17H2. The number of halogens is 2. The fraction of sp³-hybridized carbons (Fsp3) is 0.148. The summed E-state index contributed by atoms with van der Waals surface area (Å²) in [6.45, 7) is 2.79. The summed E-state index contributed by atoms with van der Waals surface area (Å²) < 4.78 is 0. The third kappa shape index (κ3) is 4.55. The normalized spacial score (nSPS) is 16.1. The van der Waals surface area contributed by atoms with Crippen LogP contribution in [0, 0.1) is 0 Å². The van der Waals surface area contributed by atoms with E-state index in [9.17, 15) is 14.4 Å². The van der Waals surface area contributed by atoms with Crippen LogP contribution in [0.25, 0.3) is 0 Å². The SMILES string of the molecule is O=C(c1ccc(NC2=C(Cl)C(=O)N(c3ccccc3Cl)C2=O)cc1)N1CCN(c2ccccc2)CC1. The Labute approximate surface area is 218 Å². The monoisotopic (exact) mass is 520 g/mol. The second-order valence-corrected chi connectivity index (χ2v) is 9.19. The Morgan fingerprint density at radius 3 is 2.06 bits per heavy atom. The first-order valence-corrected chi connectivity index (χ1v) is 12.2. The van der Waals surface area contributed by atoms with Gasteiger partial charge in [0, 0.05) is 43.1 Å². The smallest absolute Gasteiger partial charge is 0.283 e. The van der Waals surface area contributed by atoms with Crippen LogP contribution in [0.2, 0.25) is 5.02 Å². The second-order valence-electron chi connectivity index (χ2n) is 8.40. The topological polar surface area (TPSA) is 73.0 Å². The molecule has 3 amide bonds. The maximum atomic E-state index is 13.0. The first kappa shape index (κ1) is 23.9. The summed E-state index contributed by atoms with van der Waals surface area (Å²) >= 11 is 12.4. The molecule has 36 heavy (non-hydrogen) atoms. The third-order valence-electron chi connectivity index (χ3n) is 6.21. The molecule has 0 radical (unpaired) electrons. The van der Waals surface area contributed by atoms with Crippen molar-refractivity contribution in [3.63, 3.8) is 0 Å². The minimum Gasteiger partial charge on any atom is -0.368 e. The molecule has 2 aliphatic rings. The molecule has 0 aromatic heterocycles. The Bertz CT molecular complexity index is 1350. The quantitative estimate of drug-likeness (QED) is 0.492. The molecular weight excluding hydrogens is 499 g/mol. The molecule has 0 saturated carbocycles. The maximum absolute atomic E-state index is 13.0. The molecule has 2 aliphatic heterocycles. The van der Waals surface area contributed by atoms with E-state index in [1.807, 2.05) is 23.1 Å². The van der Waals surface area contributed by atoms with Gasteiger partial charge < -0.3 is 15.1 Å². The molecule has 1 saturated heterocycles. The van der Waals surface area contributed by atoms with Gasteiger partial charge in [-0.2, -0.15) is 0 Å². The van der Waals surface area contributed by atoms with E-state index < -0.39 is 11.8 Å². The molecule has 0 aliphatic carbocycles. The molecule has 1 fully saturated rings. The van der Waals surface area contributed by atoms with Crippen molar-refractivity contribution in [1.82, 2.24) is 4.90 Å². The number of nitrogens with zero attached hydrogens (tertiary/aromatic N) is 3. The number of amides is 3. The lowest BCUT2D eigenvalue weighted by Gasteiger charge is -2.36. The molecule has 3 aromatic rings. The number of carbonyl (C=O) groups excluding carboxylic acids is 3. The molecule has 9 heteroatoms. The number of anilines is 3. The Morgan fingerprint density at radius 1 is 0.750 bits per heavy atom. The van der Waals surface area contributed by atoms with Crippen LogP contribution < -0.4 is 15.1 Å². The second kappa shape index (κ2) is 10.0. The van der Waals surface area contributed by atoms with Crippen LogP contribution in [0.3, 0.4) is 0 Å². The van der Waals surface area contributed by atoms with Crippen molar-refractivity contribution in [2.24, 2.45) is 0 Å². The van der Waals surface area contributed by atoms with Gasteiger partial charge in [0.25, 0.3) is 17.7 Å². The fourth-order valence-electron chi connectivity index (χ4n) is 4.29. The zero-order valence-electron chi connectivity index (χ0n) is 19.2. The molecule has 1 N–H and O–H groups in total. The number of nitrogens with one attached hydrogen (secondary N) is 1. The molecule has 7 nitrogen and oxygen atoms in total. The van der Waals surface area contributed by atoms with Gasteiger partial charge in [0.15, 0.2) is 0 Å². The average Bonchev–Trinajstić information content (AvgIpc) is 3.12. The van der Waals surface area contributed by atoms with E-state index in [-0.39, 0.29) is 27.3 Å². The van der Waals surface area contributed by atoms with Crippen molar-refractivity contribution in [3.05, 3.63) is 100 Å². The zero-order chi connectivity index (χ0) is 25.2. The van der Waals surface area contributed by atoms with Crippen molar-refractivity contribution in [2.45, 2.75) is 0 Å². The number of benzene rings is 3. The summed E-state index contributed by atoms with van der Waals surface area (Å²) in [7, 11) is 0. The highest BCUT2D eigenvalue weighted by Gasteiger charge is 2.39. The van der Waals surface area contributed by atoms with Crippen molar-refractivity contribution < 1.29 is 14.4 Å². The molecule has 2 heterocycles. The number of imide groups is 1. The Kier molecular flexibility index (Phi) is 6.67. The summed E-state index contributed by atoms with van der Waals surface area (Å²) in [6.07, 6.45) is 0. The average molecular weight is 521 g/mol. The van der Waals surface area contributed by atoms with Gasteiger partial charge in [-0.3, -0.25) is 14.4 Å². The third-order valence-corrected chi connectivity index (χ3v) is 6.88. The zero-order valence-corrected chi connectivity index (χ0v) is 20.7. The number of para-hydroxylation sites is 2. The summed E-state index contributed by atoms with van der Waals surface area (Å²) in [4.78, 5) is 43.7. The molecule has 0 unspecified atom stereocenters. The summed E-state index contributed by atoms with van der Waals surface area (Å²) in [6, 6.07) is 23.4. The number of rotatable bonds is 5. The van der Waals surface area contributed by atoms with Crippen LogP contribution in [-0.4, -0.2) is 48.8 Å². The van der Waals surface area contributed by atoms with E-state index in [0.717, 1.165) is 23.7 Å². The Balaban J connectivity index is 1.24. The summed E-state index contributed by atoms with van der Waals surface area (Å²) in [5.41, 5.74) is 2.44. The maximum Gasteiger partial charge on any atom is 0.283 e. The van der Waals surface area contributed by atoms with Crippen LogP contribution in [0.15, 0.2) is 89.6 Å². The van der Waals surface area contributed by atoms with E-state index in [2.05, 4.69) is 22.3 Å². The van der Waals surface area contributed by atoms with Gasteiger partial charge in [-0.25, -0.2) is 4.90 Å². The number of carbonyl (C=O) groups is 3. The van der Waals surface area contributed by atoms with Crippen molar-refractivity contribution in [2.75, 3.05) is 41.3 Å². The van der Waals surface area contributed by atoms with Crippen LogP contribution in [0.4, 0.5) is 17.1 Å². The van der Waals surface area contributed by atoms with Crippen LogP contribution >= 0.6 is 23.2 Å². The lowest BCUT2D eigenvalue weighted by atomic mass is 10.1. The van der Waals surface area contributed by atoms with Crippen LogP contribution in [-0.2, 0) is 9.59 Å². The van der Waals surface area contributed by atoms with Gasteiger partial charge in [-0.05, 0) is 48.5 Å². The van der Waals surface area contributed by atoms with Gasteiger partial charge >= 0.3 is 0 Å². The van der Waals surface area contributed by atoms with Gasteiger partial charge in [0.2, 0.25) is 0 Å². The van der Waals surface area contributed by atoms with Crippen molar-refractivity contribution >= 4 is 58.0 Å². The van der Waals surface area contributed by atoms with E-state index in [4.69, 9.17) is 23.2 Å². The summed E-state index contributed by atoms with van der Waals surface area (Å²) in [5, 5.41) is 2.96. The highest BCUT2D eigenvalue weighted by molar-refractivity contribution is 6.53. The van der Waals surface area contributed by atoms with Crippen LogP contribution in [0.1, 0.15) is 10.4 Å². The van der Waals surface area contributed by atoms with Gasteiger partial charge in [0.1, 0.15) is 10.7 Å². The molecule has 3 aromatic carbocycles. The Hall–Kier alpha value is -3.81. The Morgan fingerprint density at radius 2 is 1.39 bits per heavy atom. The van der Waals surface area contributed by atoms with Crippen molar-refractivity contribution in [3.8, 4) is 0 Å². The number of hydrogen-bond donors (Lipinski definition) is 1. The fourth-order valence-corrected chi connectivity index (χ4v) is 4.73. The lowest BCUT2D eigenvalue weighted by molar-refractivity contribution is -0.120. The van der Waals surface area contributed by atoms with Gasteiger partial charge in [-0.1, -0.05) is 53.5 Å².